The Morgan fingerprint density at radius 1 is 1.55 bits per heavy atom. The number of aromatic amines is 2. The van der Waals surface area contributed by atoms with Crippen LogP contribution < -0.4 is 5.56 Å². The number of hydrogen-bond donors (Lipinski definition) is 2. The van der Waals surface area contributed by atoms with Crippen molar-refractivity contribution < 1.29 is 0 Å². The largest absolute Gasteiger partial charge is 0.742 e. The van der Waals surface area contributed by atoms with Gasteiger partial charge in [-0.05, 0) is 5.16 Å². The first-order valence-corrected chi connectivity index (χ1v) is 3.28. The van der Waals surface area contributed by atoms with Gasteiger partial charge in [0.2, 0.25) is 0 Å². The van der Waals surface area contributed by atoms with Crippen molar-refractivity contribution in [3.05, 3.63) is 16.7 Å². The zero-order valence-electron chi connectivity index (χ0n) is 5.29. The van der Waals surface area contributed by atoms with Crippen molar-refractivity contribution in [2.75, 3.05) is 0 Å². The number of nitrogens with zero attached hydrogens (tertiary/aromatic N) is 2. The molecule has 0 radical (unpaired) electrons. The van der Waals surface area contributed by atoms with Crippen LogP contribution in [-0.4, -0.2) is 19.9 Å². The Morgan fingerprint density at radius 2 is 2.36 bits per heavy atom. The van der Waals surface area contributed by atoms with Crippen molar-refractivity contribution in [3.8, 4) is 0 Å². The Kier molecular flexibility index (Phi) is 1.16. The highest BCUT2D eigenvalue weighted by Crippen LogP contribution is 1.97. The predicted octanol–water partition coefficient (Wildman–Crippen LogP) is -0.448. The summed E-state index contributed by atoms with van der Waals surface area (Å²) in [7, 11) is 0. The molecule has 0 spiro atoms. The summed E-state index contributed by atoms with van der Waals surface area (Å²) in [6.07, 6.45) is 1.40. The highest BCUT2D eigenvalue weighted by atomic mass is 32.1. The summed E-state index contributed by atoms with van der Waals surface area (Å²) in [5, 5.41) is 0.162. The van der Waals surface area contributed by atoms with Gasteiger partial charge in [-0.2, -0.15) is 0 Å². The highest BCUT2D eigenvalue weighted by Gasteiger charge is 1.98. The van der Waals surface area contributed by atoms with Gasteiger partial charge in [0.15, 0.2) is 11.2 Å². The van der Waals surface area contributed by atoms with Crippen molar-refractivity contribution >= 4 is 23.8 Å². The third-order valence-electron chi connectivity index (χ3n) is 1.27. The van der Waals surface area contributed by atoms with Gasteiger partial charge in [0, 0.05) is 0 Å². The first-order chi connectivity index (χ1) is 5.27. The molecule has 2 aromatic heterocycles. The lowest BCUT2D eigenvalue weighted by Gasteiger charge is -2.00. The Morgan fingerprint density at radius 3 is 3.18 bits per heavy atom. The average Bonchev–Trinajstić information content (AvgIpc) is 2.34. The van der Waals surface area contributed by atoms with Crippen molar-refractivity contribution in [1.29, 1.82) is 0 Å². The van der Waals surface area contributed by atoms with Crippen molar-refractivity contribution in [3.63, 3.8) is 0 Å². The van der Waals surface area contributed by atoms with Crippen LogP contribution in [0.2, 0.25) is 0 Å². The Labute approximate surface area is 66.3 Å². The molecule has 0 aliphatic rings. The molecule has 2 aromatic rings. The molecule has 0 bridgehead atoms. The van der Waals surface area contributed by atoms with Crippen LogP contribution in [0, 0.1) is 0 Å². The molecule has 0 aliphatic heterocycles. The fourth-order valence-corrected chi connectivity index (χ4v) is 1.00. The summed E-state index contributed by atoms with van der Waals surface area (Å²) in [5.41, 5.74) is 0.440. The van der Waals surface area contributed by atoms with Gasteiger partial charge in [0.25, 0.3) is 5.56 Å². The second-order valence-corrected chi connectivity index (χ2v) is 2.36. The minimum absolute atomic E-state index is 0.162. The number of nitrogens with one attached hydrogen (secondary N) is 2. The number of hydrogen-bond acceptors (Lipinski definition) is 4. The summed E-state index contributed by atoms with van der Waals surface area (Å²) in [6, 6.07) is 0. The van der Waals surface area contributed by atoms with Crippen molar-refractivity contribution in [2.24, 2.45) is 0 Å². The molecule has 2 heterocycles. The van der Waals surface area contributed by atoms with Crippen LogP contribution in [0.15, 0.2) is 16.3 Å². The van der Waals surface area contributed by atoms with Gasteiger partial charge in [0.05, 0.1) is 6.33 Å². The molecule has 56 valence electrons. The fraction of sp³-hybridized carbons (Fsp3) is 0. The number of aromatic nitrogens is 4. The molecule has 2 N–H and O–H groups in total. The highest BCUT2D eigenvalue weighted by molar-refractivity contribution is 7.58. The molecule has 0 saturated carbocycles. The van der Waals surface area contributed by atoms with Gasteiger partial charge in [-0.3, -0.25) is 4.79 Å². The molecule has 0 saturated heterocycles. The second kappa shape index (κ2) is 2.03. The molecule has 0 fully saturated rings. The maximum atomic E-state index is 11.0. The van der Waals surface area contributed by atoms with E-state index in [-0.39, 0.29) is 10.7 Å². The van der Waals surface area contributed by atoms with E-state index in [1.54, 1.807) is 0 Å². The van der Waals surface area contributed by atoms with Crippen LogP contribution >= 0.6 is 0 Å². The number of H-pyrrole nitrogens is 2. The number of fused-ring (bicyclic) bond motifs is 1. The predicted molar refractivity (Wildman–Crippen MR) is 40.1 cm³/mol. The van der Waals surface area contributed by atoms with Crippen molar-refractivity contribution in [2.45, 2.75) is 5.16 Å². The van der Waals surface area contributed by atoms with Gasteiger partial charge >= 0.3 is 0 Å². The molecule has 11 heavy (non-hydrogen) atoms. The molecule has 0 unspecified atom stereocenters. The normalized spacial score (nSPS) is 10.5. The van der Waals surface area contributed by atoms with E-state index in [1.807, 2.05) is 0 Å². The third kappa shape index (κ3) is 0.874. The zero-order chi connectivity index (χ0) is 7.84. The molecule has 0 aliphatic carbocycles. The van der Waals surface area contributed by atoms with Crippen LogP contribution in [0.5, 0.6) is 0 Å². The lowest BCUT2D eigenvalue weighted by Crippen LogP contribution is -2.08. The molecule has 6 heteroatoms. The molecule has 0 aromatic carbocycles. The first-order valence-electron chi connectivity index (χ1n) is 2.88. The van der Waals surface area contributed by atoms with Gasteiger partial charge in [-0.1, -0.05) is 0 Å². The molecule has 5 nitrogen and oxygen atoms in total. The molecular formula is C5H3N4OS-. The van der Waals surface area contributed by atoms with Gasteiger partial charge in [-0.15, -0.1) is 0 Å². The van der Waals surface area contributed by atoms with Crippen LogP contribution in [0.25, 0.3) is 11.2 Å². The first kappa shape index (κ1) is 6.29. The summed E-state index contributed by atoms with van der Waals surface area (Å²) in [4.78, 5) is 23.7. The van der Waals surface area contributed by atoms with Crippen LogP contribution in [0.3, 0.4) is 0 Å². The van der Waals surface area contributed by atoms with E-state index in [4.69, 9.17) is 0 Å². The van der Waals surface area contributed by atoms with Crippen molar-refractivity contribution in [1.82, 2.24) is 19.9 Å². The SMILES string of the molecule is O=c1[nH][13c]([S-])nc2nc[nH]c12. The summed E-state index contributed by atoms with van der Waals surface area (Å²) < 4.78 is 0. The molecule has 0 amide bonds. The van der Waals surface area contributed by atoms with Gasteiger partial charge < -0.3 is 22.6 Å². The average molecular weight is 168 g/mol. The number of imidazole rings is 1. The van der Waals surface area contributed by atoms with E-state index in [2.05, 4.69) is 32.6 Å². The summed E-state index contributed by atoms with van der Waals surface area (Å²) >= 11 is 4.67. The van der Waals surface area contributed by atoms with E-state index in [9.17, 15) is 4.79 Å². The smallest absolute Gasteiger partial charge is 0.275 e. The second-order valence-electron chi connectivity index (χ2n) is 1.97. The summed E-state index contributed by atoms with van der Waals surface area (Å²) in [5.74, 6) is 0. The standard InChI is InChI=1S/C5H4N4OS/c10-4-2-3(7-1-6-2)8-5(11)9-4/h1H,(H3,6,7,8,9,10,11)/p-1/i5+1. The van der Waals surface area contributed by atoms with Gasteiger partial charge in [-0.25, -0.2) is 9.97 Å². The van der Waals surface area contributed by atoms with E-state index in [0.717, 1.165) is 0 Å². The van der Waals surface area contributed by atoms with E-state index in [1.165, 1.54) is 6.33 Å². The number of rotatable bonds is 0. The molecule has 2 rings (SSSR count). The van der Waals surface area contributed by atoms with Crippen LogP contribution in [0.1, 0.15) is 0 Å². The molecule has 0 atom stereocenters. The quantitative estimate of drug-likeness (QED) is 0.413. The van der Waals surface area contributed by atoms with E-state index < -0.39 is 0 Å². The van der Waals surface area contributed by atoms with Crippen LogP contribution in [-0.2, 0) is 12.6 Å². The maximum Gasteiger partial charge on any atom is 0.275 e. The summed E-state index contributed by atoms with van der Waals surface area (Å²) in [6.45, 7) is 0. The minimum Gasteiger partial charge on any atom is -0.742 e. The minimum atomic E-state index is -0.280. The Bertz CT molecular complexity index is 445. The van der Waals surface area contributed by atoms with Gasteiger partial charge in [0.1, 0.15) is 0 Å². The van der Waals surface area contributed by atoms with Crippen LogP contribution in [0.4, 0.5) is 0 Å². The third-order valence-corrected chi connectivity index (χ3v) is 1.47. The van der Waals surface area contributed by atoms with E-state index in [0.29, 0.717) is 11.2 Å². The fourth-order valence-electron chi connectivity index (χ4n) is 0.823. The van der Waals surface area contributed by atoms with E-state index >= 15 is 0 Å². The zero-order valence-corrected chi connectivity index (χ0v) is 6.10. The molecular weight excluding hydrogens is 165 g/mol. The lowest BCUT2D eigenvalue weighted by atomic mass is 10.6. The Balaban J connectivity index is 3.02. The maximum absolute atomic E-state index is 11.0. The Hall–Kier alpha value is -1.43. The lowest BCUT2D eigenvalue weighted by molar-refractivity contribution is 0.971. The monoisotopic (exact) mass is 168 g/mol. The topological polar surface area (TPSA) is 74.4 Å².